The Morgan fingerprint density at radius 1 is 1.18 bits per heavy atom. The first-order valence-corrected chi connectivity index (χ1v) is 5.00. The highest BCUT2D eigenvalue weighted by Gasteiger charge is 2.06. The highest BCUT2D eigenvalue weighted by molar-refractivity contribution is 6.30. The summed E-state index contributed by atoms with van der Waals surface area (Å²) in [6.45, 7) is 0. The monoisotopic (exact) mass is 269 g/mol. The minimum absolute atomic E-state index is 0. The molecule has 17 heavy (non-hydrogen) atoms. The van der Waals surface area contributed by atoms with Crippen LogP contribution in [0.4, 0.5) is 0 Å². The highest BCUT2D eigenvalue weighted by Crippen LogP contribution is 2.22. The van der Waals surface area contributed by atoms with Gasteiger partial charge in [0.1, 0.15) is 5.69 Å². The lowest BCUT2D eigenvalue weighted by Crippen LogP contribution is -1.99. The average molecular weight is 270 g/mol. The summed E-state index contributed by atoms with van der Waals surface area (Å²) < 4.78 is 0. The topological polar surface area (TPSA) is 50.2 Å². The van der Waals surface area contributed by atoms with Gasteiger partial charge in [-0.2, -0.15) is 0 Å². The fourth-order valence-electron chi connectivity index (χ4n) is 1.40. The Bertz CT molecular complexity index is 544. The van der Waals surface area contributed by atoms with Crippen LogP contribution < -0.4 is 0 Å². The number of rotatable bonds is 2. The van der Waals surface area contributed by atoms with Crippen LogP contribution in [0.2, 0.25) is 5.02 Å². The highest BCUT2D eigenvalue weighted by atomic mass is 35.5. The number of benzene rings is 1. The molecular formula is C12H9Cl2NO2. The van der Waals surface area contributed by atoms with E-state index in [0.717, 1.165) is 11.1 Å². The molecule has 0 radical (unpaired) electrons. The van der Waals surface area contributed by atoms with Crippen molar-refractivity contribution in [3.05, 3.63) is 53.3 Å². The molecule has 2 rings (SSSR count). The Morgan fingerprint density at radius 3 is 2.53 bits per heavy atom. The van der Waals surface area contributed by atoms with Crippen molar-refractivity contribution >= 4 is 30.0 Å². The SMILES string of the molecule is Cl.O=C(O)c1cc(-c2cccc(Cl)c2)ccn1. The molecule has 0 aliphatic rings. The van der Waals surface area contributed by atoms with Crippen LogP contribution >= 0.6 is 24.0 Å². The normalized spacial score (nSPS) is 9.47. The van der Waals surface area contributed by atoms with Crippen molar-refractivity contribution in [2.75, 3.05) is 0 Å². The van der Waals surface area contributed by atoms with Crippen LogP contribution in [-0.4, -0.2) is 16.1 Å². The summed E-state index contributed by atoms with van der Waals surface area (Å²) >= 11 is 5.87. The second-order valence-corrected chi connectivity index (χ2v) is 3.68. The van der Waals surface area contributed by atoms with Gasteiger partial charge in [0.2, 0.25) is 0 Å². The Morgan fingerprint density at radius 2 is 1.88 bits per heavy atom. The second kappa shape index (κ2) is 5.66. The van der Waals surface area contributed by atoms with E-state index in [4.69, 9.17) is 16.7 Å². The minimum atomic E-state index is -1.04. The van der Waals surface area contributed by atoms with Crippen molar-refractivity contribution < 1.29 is 9.90 Å². The summed E-state index contributed by atoms with van der Waals surface area (Å²) in [7, 11) is 0. The van der Waals surface area contributed by atoms with Crippen molar-refractivity contribution in [1.29, 1.82) is 0 Å². The van der Waals surface area contributed by atoms with Gasteiger partial charge in [0.05, 0.1) is 0 Å². The number of aromatic carboxylic acids is 1. The van der Waals surface area contributed by atoms with E-state index >= 15 is 0 Å². The van der Waals surface area contributed by atoms with E-state index in [-0.39, 0.29) is 18.1 Å². The lowest BCUT2D eigenvalue weighted by Gasteiger charge is -2.02. The summed E-state index contributed by atoms with van der Waals surface area (Å²) in [5, 5.41) is 9.44. The molecule has 2 aromatic rings. The standard InChI is InChI=1S/C12H8ClNO2.ClH/c13-10-3-1-2-8(6-10)9-4-5-14-11(7-9)12(15)16;/h1-7H,(H,15,16);1H. The number of halogens is 2. The van der Waals surface area contributed by atoms with E-state index in [2.05, 4.69) is 4.98 Å². The van der Waals surface area contributed by atoms with Gasteiger partial charge < -0.3 is 5.11 Å². The molecule has 1 heterocycles. The molecule has 1 N–H and O–H groups in total. The Balaban J connectivity index is 0.00000144. The molecule has 0 saturated carbocycles. The van der Waals surface area contributed by atoms with Crippen molar-refractivity contribution in [3.8, 4) is 11.1 Å². The first kappa shape index (κ1) is 13.5. The van der Waals surface area contributed by atoms with Gasteiger partial charge in [-0.3, -0.25) is 0 Å². The third kappa shape index (κ3) is 3.19. The molecule has 0 aliphatic carbocycles. The predicted octanol–water partition coefficient (Wildman–Crippen LogP) is 3.52. The molecule has 5 heteroatoms. The lowest BCUT2D eigenvalue weighted by atomic mass is 10.1. The van der Waals surface area contributed by atoms with E-state index in [0.29, 0.717) is 5.02 Å². The smallest absolute Gasteiger partial charge is 0.354 e. The van der Waals surface area contributed by atoms with E-state index < -0.39 is 5.97 Å². The van der Waals surface area contributed by atoms with E-state index in [1.54, 1.807) is 18.2 Å². The zero-order valence-corrected chi connectivity index (χ0v) is 10.2. The number of pyridine rings is 1. The number of carboxylic acids is 1. The molecule has 0 saturated heterocycles. The molecule has 88 valence electrons. The first-order valence-electron chi connectivity index (χ1n) is 4.62. The summed E-state index contributed by atoms with van der Waals surface area (Å²) in [5.41, 5.74) is 1.68. The second-order valence-electron chi connectivity index (χ2n) is 3.25. The fraction of sp³-hybridized carbons (Fsp3) is 0. The predicted molar refractivity (Wildman–Crippen MR) is 68.9 cm³/mol. The summed E-state index contributed by atoms with van der Waals surface area (Å²) in [6, 6.07) is 10.5. The van der Waals surface area contributed by atoms with Crippen LogP contribution in [0.3, 0.4) is 0 Å². The van der Waals surface area contributed by atoms with Gasteiger partial charge >= 0.3 is 5.97 Å². The maximum atomic E-state index is 10.8. The third-order valence-electron chi connectivity index (χ3n) is 2.14. The molecule has 0 unspecified atom stereocenters. The number of aromatic nitrogens is 1. The van der Waals surface area contributed by atoms with Crippen LogP contribution in [0.1, 0.15) is 10.5 Å². The van der Waals surface area contributed by atoms with Crippen LogP contribution in [0, 0.1) is 0 Å². The van der Waals surface area contributed by atoms with Crippen molar-refractivity contribution in [3.63, 3.8) is 0 Å². The van der Waals surface area contributed by atoms with Gasteiger partial charge in [-0.15, -0.1) is 12.4 Å². The largest absolute Gasteiger partial charge is 0.477 e. The number of carboxylic acid groups (broad SMARTS) is 1. The lowest BCUT2D eigenvalue weighted by molar-refractivity contribution is 0.0690. The summed E-state index contributed by atoms with van der Waals surface area (Å²) in [5.74, 6) is -1.04. The Kier molecular flexibility index (Phi) is 4.49. The number of carbonyl (C=O) groups is 1. The first-order chi connectivity index (χ1) is 7.66. The van der Waals surface area contributed by atoms with Crippen molar-refractivity contribution in [2.45, 2.75) is 0 Å². The van der Waals surface area contributed by atoms with Crippen LogP contribution in [-0.2, 0) is 0 Å². The van der Waals surface area contributed by atoms with Gasteiger partial charge in [0.25, 0.3) is 0 Å². The number of nitrogens with zero attached hydrogens (tertiary/aromatic N) is 1. The fourth-order valence-corrected chi connectivity index (χ4v) is 1.59. The van der Waals surface area contributed by atoms with E-state index in [9.17, 15) is 4.79 Å². The van der Waals surface area contributed by atoms with E-state index in [1.165, 1.54) is 12.3 Å². The molecular weight excluding hydrogens is 261 g/mol. The Hall–Kier alpha value is -1.58. The van der Waals surface area contributed by atoms with Gasteiger partial charge in [0, 0.05) is 11.2 Å². The molecule has 0 spiro atoms. The number of hydrogen-bond acceptors (Lipinski definition) is 2. The quantitative estimate of drug-likeness (QED) is 0.908. The zero-order valence-electron chi connectivity index (χ0n) is 8.63. The van der Waals surface area contributed by atoms with E-state index in [1.807, 2.05) is 12.1 Å². The maximum Gasteiger partial charge on any atom is 0.354 e. The summed E-state index contributed by atoms with van der Waals surface area (Å²) in [6.07, 6.45) is 1.47. The maximum absolute atomic E-state index is 10.8. The van der Waals surface area contributed by atoms with Gasteiger partial charge in [-0.1, -0.05) is 23.7 Å². The van der Waals surface area contributed by atoms with Gasteiger partial charge in [-0.05, 0) is 35.4 Å². The van der Waals surface area contributed by atoms with Gasteiger partial charge in [0.15, 0.2) is 0 Å². The molecule has 0 aliphatic heterocycles. The van der Waals surface area contributed by atoms with Crippen LogP contribution in [0.5, 0.6) is 0 Å². The third-order valence-corrected chi connectivity index (χ3v) is 2.37. The Labute approximate surface area is 109 Å². The molecule has 0 bridgehead atoms. The van der Waals surface area contributed by atoms with Crippen molar-refractivity contribution in [2.24, 2.45) is 0 Å². The molecule has 1 aromatic heterocycles. The summed E-state index contributed by atoms with van der Waals surface area (Å²) in [4.78, 5) is 14.5. The minimum Gasteiger partial charge on any atom is -0.477 e. The average Bonchev–Trinajstić information content (AvgIpc) is 2.29. The molecule has 3 nitrogen and oxygen atoms in total. The molecule has 0 amide bonds. The zero-order chi connectivity index (χ0) is 11.5. The molecule has 0 fully saturated rings. The molecule has 0 atom stereocenters. The van der Waals surface area contributed by atoms with Gasteiger partial charge in [-0.25, -0.2) is 9.78 Å². The number of hydrogen-bond donors (Lipinski definition) is 1. The van der Waals surface area contributed by atoms with Crippen LogP contribution in [0.25, 0.3) is 11.1 Å². The van der Waals surface area contributed by atoms with Crippen LogP contribution in [0.15, 0.2) is 42.6 Å². The van der Waals surface area contributed by atoms with Crippen molar-refractivity contribution in [1.82, 2.24) is 4.98 Å². The molecule has 1 aromatic carbocycles.